The Bertz CT molecular complexity index is 426. The van der Waals surface area contributed by atoms with Gasteiger partial charge in [0, 0.05) is 5.56 Å². The summed E-state index contributed by atoms with van der Waals surface area (Å²) < 4.78 is 0. The Kier molecular flexibility index (Phi) is 3.04. The van der Waals surface area contributed by atoms with Crippen molar-refractivity contribution in [1.82, 2.24) is 0 Å². The van der Waals surface area contributed by atoms with Gasteiger partial charge < -0.3 is 5.11 Å². The lowest BCUT2D eigenvalue weighted by Crippen LogP contribution is -2.05. The highest BCUT2D eigenvalue weighted by atomic mass is 16.6. The topological polar surface area (TPSA) is 80.4 Å². The second-order valence-electron chi connectivity index (χ2n) is 3.22. The van der Waals surface area contributed by atoms with Crippen LogP contribution in [0.15, 0.2) is 12.1 Å². The van der Waals surface area contributed by atoms with Crippen LogP contribution in [0.4, 0.5) is 5.69 Å². The molecule has 0 spiro atoms. The van der Waals surface area contributed by atoms with E-state index >= 15 is 0 Å². The largest absolute Gasteiger partial charge is 0.477 e. The number of nitro benzene ring substituents is 1. The average molecular weight is 209 g/mol. The van der Waals surface area contributed by atoms with E-state index in [0.717, 1.165) is 5.56 Å². The molecule has 0 saturated heterocycles. The van der Waals surface area contributed by atoms with Gasteiger partial charge in [-0.25, -0.2) is 4.79 Å². The van der Waals surface area contributed by atoms with Crippen molar-refractivity contribution in [3.05, 3.63) is 38.9 Å². The normalized spacial score (nSPS) is 10.0. The van der Waals surface area contributed by atoms with Gasteiger partial charge in [0.1, 0.15) is 5.56 Å². The van der Waals surface area contributed by atoms with E-state index < -0.39 is 10.9 Å². The van der Waals surface area contributed by atoms with E-state index in [9.17, 15) is 14.9 Å². The molecule has 0 heterocycles. The summed E-state index contributed by atoms with van der Waals surface area (Å²) in [6, 6.07) is 3.00. The monoisotopic (exact) mass is 209 g/mol. The van der Waals surface area contributed by atoms with Crippen molar-refractivity contribution >= 4 is 11.7 Å². The number of rotatable bonds is 3. The summed E-state index contributed by atoms with van der Waals surface area (Å²) in [5.41, 5.74) is 0.615. The van der Waals surface area contributed by atoms with E-state index in [0.29, 0.717) is 12.0 Å². The molecule has 0 amide bonds. The number of carboxylic acid groups (broad SMARTS) is 1. The number of hydrogen-bond acceptors (Lipinski definition) is 3. The smallest absolute Gasteiger partial charge is 0.342 e. The number of aryl methyl sites for hydroxylation is 2. The highest BCUT2D eigenvalue weighted by Gasteiger charge is 2.22. The van der Waals surface area contributed by atoms with Gasteiger partial charge in [-0.2, -0.15) is 0 Å². The Morgan fingerprint density at radius 3 is 2.53 bits per heavy atom. The second kappa shape index (κ2) is 4.08. The van der Waals surface area contributed by atoms with Gasteiger partial charge in [0.15, 0.2) is 0 Å². The SMILES string of the molecule is CCc1cc(C)c([N+](=O)[O-])c(C(=O)O)c1. The molecule has 0 aliphatic heterocycles. The van der Waals surface area contributed by atoms with Crippen molar-refractivity contribution in [2.45, 2.75) is 20.3 Å². The van der Waals surface area contributed by atoms with Crippen LogP contribution in [0, 0.1) is 17.0 Å². The first-order chi connectivity index (χ1) is 6.97. The van der Waals surface area contributed by atoms with E-state index in [1.807, 2.05) is 6.92 Å². The van der Waals surface area contributed by atoms with Gasteiger partial charge in [-0.1, -0.05) is 6.92 Å². The summed E-state index contributed by atoms with van der Waals surface area (Å²) in [6.45, 7) is 3.41. The van der Waals surface area contributed by atoms with Crippen LogP contribution in [0.2, 0.25) is 0 Å². The molecule has 0 atom stereocenters. The third kappa shape index (κ3) is 2.12. The summed E-state index contributed by atoms with van der Waals surface area (Å²) in [5.74, 6) is -1.26. The van der Waals surface area contributed by atoms with Crippen molar-refractivity contribution < 1.29 is 14.8 Å². The fourth-order valence-corrected chi connectivity index (χ4v) is 1.46. The minimum Gasteiger partial charge on any atom is -0.477 e. The predicted molar refractivity (Wildman–Crippen MR) is 54.2 cm³/mol. The lowest BCUT2D eigenvalue weighted by atomic mass is 10.0. The van der Waals surface area contributed by atoms with Gasteiger partial charge >= 0.3 is 5.97 Å². The highest BCUT2D eigenvalue weighted by molar-refractivity contribution is 5.93. The van der Waals surface area contributed by atoms with Crippen molar-refractivity contribution in [1.29, 1.82) is 0 Å². The van der Waals surface area contributed by atoms with Crippen LogP contribution in [-0.4, -0.2) is 16.0 Å². The van der Waals surface area contributed by atoms with Gasteiger partial charge in [0.2, 0.25) is 0 Å². The Balaban J connectivity index is 3.49. The van der Waals surface area contributed by atoms with Crippen molar-refractivity contribution in [3.8, 4) is 0 Å². The zero-order valence-electron chi connectivity index (χ0n) is 8.48. The Labute approximate surface area is 86.5 Å². The molecule has 1 aromatic carbocycles. The molecule has 0 aliphatic rings. The van der Waals surface area contributed by atoms with Gasteiger partial charge in [0.05, 0.1) is 4.92 Å². The minimum atomic E-state index is -1.26. The summed E-state index contributed by atoms with van der Waals surface area (Å²) >= 11 is 0. The molecule has 0 fully saturated rings. The molecular weight excluding hydrogens is 198 g/mol. The molecule has 0 aromatic heterocycles. The molecule has 15 heavy (non-hydrogen) atoms. The fraction of sp³-hybridized carbons (Fsp3) is 0.300. The second-order valence-corrected chi connectivity index (χ2v) is 3.22. The Morgan fingerprint density at radius 2 is 2.13 bits per heavy atom. The molecule has 1 aromatic rings. The zero-order chi connectivity index (χ0) is 11.6. The number of nitrogens with zero attached hydrogens (tertiary/aromatic N) is 1. The molecule has 5 nitrogen and oxygen atoms in total. The lowest BCUT2D eigenvalue weighted by molar-refractivity contribution is -0.385. The van der Waals surface area contributed by atoms with E-state index in [1.165, 1.54) is 6.07 Å². The number of aromatic carboxylic acids is 1. The Hall–Kier alpha value is -1.91. The van der Waals surface area contributed by atoms with Crippen LogP contribution in [0.3, 0.4) is 0 Å². The van der Waals surface area contributed by atoms with Gasteiger partial charge in [-0.15, -0.1) is 0 Å². The molecule has 0 aliphatic carbocycles. The third-order valence-electron chi connectivity index (χ3n) is 2.18. The summed E-state index contributed by atoms with van der Waals surface area (Å²) in [7, 11) is 0. The average Bonchev–Trinajstić information content (AvgIpc) is 2.15. The molecule has 0 bridgehead atoms. The van der Waals surface area contributed by atoms with Crippen LogP contribution in [0.1, 0.15) is 28.4 Å². The highest BCUT2D eigenvalue weighted by Crippen LogP contribution is 2.25. The number of carboxylic acids is 1. The van der Waals surface area contributed by atoms with Crippen LogP contribution in [0.5, 0.6) is 0 Å². The standard InChI is InChI=1S/C10H11NO4/c1-3-7-4-6(2)9(11(14)15)8(5-7)10(12)13/h4-5H,3H2,1-2H3,(H,12,13). The minimum absolute atomic E-state index is 0.239. The van der Waals surface area contributed by atoms with Crippen LogP contribution >= 0.6 is 0 Å². The van der Waals surface area contributed by atoms with Crippen LogP contribution < -0.4 is 0 Å². The van der Waals surface area contributed by atoms with Gasteiger partial charge in [0.25, 0.3) is 5.69 Å². The molecule has 1 N–H and O–H groups in total. The van der Waals surface area contributed by atoms with Crippen molar-refractivity contribution in [3.63, 3.8) is 0 Å². The number of carbonyl (C=O) groups is 1. The van der Waals surface area contributed by atoms with Crippen molar-refractivity contribution in [2.75, 3.05) is 0 Å². The molecule has 80 valence electrons. The zero-order valence-corrected chi connectivity index (χ0v) is 8.48. The van der Waals surface area contributed by atoms with Crippen molar-refractivity contribution in [2.24, 2.45) is 0 Å². The number of benzene rings is 1. The maximum atomic E-state index is 10.8. The summed E-state index contributed by atoms with van der Waals surface area (Å²) in [5, 5.41) is 19.5. The van der Waals surface area contributed by atoms with Crippen LogP contribution in [-0.2, 0) is 6.42 Å². The van der Waals surface area contributed by atoms with Crippen LogP contribution in [0.25, 0.3) is 0 Å². The maximum absolute atomic E-state index is 10.8. The molecule has 0 unspecified atom stereocenters. The maximum Gasteiger partial charge on any atom is 0.342 e. The number of hydrogen-bond donors (Lipinski definition) is 1. The third-order valence-corrected chi connectivity index (χ3v) is 2.18. The summed E-state index contributed by atoms with van der Waals surface area (Å²) in [4.78, 5) is 20.9. The fourth-order valence-electron chi connectivity index (χ4n) is 1.46. The first-order valence-electron chi connectivity index (χ1n) is 4.48. The molecule has 0 saturated carbocycles. The van der Waals surface area contributed by atoms with Gasteiger partial charge in [-0.3, -0.25) is 10.1 Å². The van der Waals surface area contributed by atoms with E-state index in [-0.39, 0.29) is 11.3 Å². The molecule has 0 radical (unpaired) electrons. The van der Waals surface area contributed by atoms with E-state index in [1.54, 1.807) is 13.0 Å². The first kappa shape index (κ1) is 11.2. The van der Waals surface area contributed by atoms with E-state index in [4.69, 9.17) is 5.11 Å². The molecule has 5 heteroatoms. The summed E-state index contributed by atoms with van der Waals surface area (Å²) in [6.07, 6.45) is 0.652. The molecule has 1 rings (SSSR count). The molecular formula is C10H11NO4. The number of nitro groups is 1. The quantitative estimate of drug-likeness (QED) is 0.611. The van der Waals surface area contributed by atoms with E-state index in [2.05, 4.69) is 0 Å². The van der Waals surface area contributed by atoms with Gasteiger partial charge in [-0.05, 0) is 31.0 Å². The first-order valence-corrected chi connectivity index (χ1v) is 4.48. The Morgan fingerprint density at radius 1 is 1.53 bits per heavy atom. The predicted octanol–water partition coefficient (Wildman–Crippen LogP) is 2.16. The lowest BCUT2D eigenvalue weighted by Gasteiger charge is -2.04.